The molecular formula is C20H26O4. The van der Waals surface area contributed by atoms with Crippen LogP contribution in [0.15, 0.2) is 12.1 Å². The van der Waals surface area contributed by atoms with Gasteiger partial charge in [-0.3, -0.25) is 4.79 Å². The van der Waals surface area contributed by atoms with E-state index in [2.05, 4.69) is 6.92 Å². The number of phenolic OH excluding ortho intramolecular Hbond substituents is 2. The maximum Gasteiger partial charge on any atom is 0.161 e. The predicted octanol–water partition coefficient (Wildman–Crippen LogP) is 3.27. The molecule has 0 heterocycles. The van der Waals surface area contributed by atoms with Gasteiger partial charge in [0.15, 0.2) is 17.3 Å². The van der Waals surface area contributed by atoms with E-state index in [4.69, 9.17) is 0 Å². The monoisotopic (exact) mass is 330 g/mol. The summed E-state index contributed by atoms with van der Waals surface area (Å²) in [7, 11) is 0. The molecule has 0 saturated heterocycles. The number of benzene rings is 1. The number of ketones is 1. The Kier molecular flexibility index (Phi) is 3.31. The maximum absolute atomic E-state index is 12.2. The Morgan fingerprint density at radius 1 is 1.17 bits per heavy atom. The standard InChI is InChI=1S/C20H26O4/c1-11(21)20(24)10-8-16-14-3-4-15-12(5-6-17(22)18(15)23)13(14)7-9-19(16,20)2/h5-6,13-14,16,22-24H,3-4,7-10H2,1-2H3/t13-,14-,16+,19+,20-/m1/s1. The zero-order chi connectivity index (χ0) is 17.3. The van der Waals surface area contributed by atoms with E-state index >= 15 is 0 Å². The highest BCUT2D eigenvalue weighted by Gasteiger charge is 2.63. The molecular weight excluding hydrogens is 304 g/mol. The minimum Gasteiger partial charge on any atom is -0.504 e. The smallest absolute Gasteiger partial charge is 0.161 e. The SMILES string of the molecule is CC(=O)[C@]1(O)CC[C@H]2[C@@H]3CCc4c(ccc(O)c4O)[C@H]3CC[C@@]21C. The summed E-state index contributed by atoms with van der Waals surface area (Å²) in [6.07, 6.45) is 4.92. The fourth-order valence-corrected chi connectivity index (χ4v) is 6.23. The van der Waals surface area contributed by atoms with Crippen LogP contribution in [0.5, 0.6) is 11.5 Å². The van der Waals surface area contributed by atoms with Crippen LogP contribution >= 0.6 is 0 Å². The number of aliphatic hydroxyl groups is 1. The van der Waals surface area contributed by atoms with E-state index in [1.54, 1.807) is 6.07 Å². The second-order valence-electron chi connectivity index (χ2n) is 8.33. The van der Waals surface area contributed by atoms with Gasteiger partial charge in [-0.1, -0.05) is 13.0 Å². The van der Waals surface area contributed by atoms with Gasteiger partial charge in [-0.05, 0) is 74.8 Å². The molecule has 0 aromatic heterocycles. The van der Waals surface area contributed by atoms with Crippen molar-refractivity contribution in [2.45, 2.75) is 63.9 Å². The number of hydrogen-bond donors (Lipinski definition) is 3. The molecule has 5 atom stereocenters. The summed E-state index contributed by atoms with van der Waals surface area (Å²) in [6.45, 7) is 3.63. The van der Waals surface area contributed by atoms with Gasteiger partial charge in [0.1, 0.15) is 5.60 Å². The number of carbonyl (C=O) groups excluding carboxylic acids is 1. The van der Waals surface area contributed by atoms with Crippen molar-refractivity contribution in [2.75, 3.05) is 0 Å². The Hall–Kier alpha value is -1.55. The molecule has 2 fully saturated rings. The fourth-order valence-electron chi connectivity index (χ4n) is 6.23. The molecule has 0 bridgehead atoms. The Morgan fingerprint density at radius 2 is 1.92 bits per heavy atom. The molecule has 3 N–H and O–H groups in total. The highest BCUT2D eigenvalue weighted by Crippen LogP contribution is 2.64. The van der Waals surface area contributed by atoms with Crippen LogP contribution in [0, 0.1) is 17.3 Å². The number of aromatic hydroxyl groups is 2. The second kappa shape index (κ2) is 4.98. The summed E-state index contributed by atoms with van der Waals surface area (Å²) >= 11 is 0. The van der Waals surface area contributed by atoms with Crippen LogP contribution in [-0.4, -0.2) is 26.7 Å². The van der Waals surface area contributed by atoms with Crippen LogP contribution in [0.3, 0.4) is 0 Å². The lowest BCUT2D eigenvalue weighted by Gasteiger charge is -2.52. The predicted molar refractivity (Wildman–Crippen MR) is 90.0 cm³/mol. The van der Waals surface area contributed by atoms with Crippen molar-refractivity contribution in [3.8, 4) is 11.5 Å². The first-order valence-electron chi connectivity index (χ1n) is 9.07. The van der Waals surface area contributed by atoms with Crippen LogP contribution in [0.25, 0.3) is 0 Å². The first-order valence-corrected chi connectivity index (χ1v) is 9.07. The van der Waals surface area contributed by atoms with Gasteiger partial charge in [-0.2, -0.15) is 0 Å². The molecule has 0 amide bonds. The van der Waals surface area contributed by atoms with Crippen LogP contribution in [0.2, 0.25) is 0 Å². The van der Waals surface area contributed by atoms with Crippen molar-refractivity contribution >= 4 is 5.78 Å². The van der Waals surface area contributed by atoms with Gasteiger partial charge in [0.2, 0.25) is 0 Å². The quantitative estimate of drug-likeness (QED) is 0.691. The van der Waals surface area contributed by atoms with E-state index < -0.39 is 5.60 Å². The van der Waals surface area contributed by atoms with E-state index in [-0.39, 0.29) is 22.7 Å². The second-order valence-corrected chi connectivity index (χ2v) is 8.33. The molecule has 24 heavy (non-hydrogen) atoms. The van der Waals surface area contributed by atoms with Crippen molar-refractivity contribution < 1.29 is 20.1 Å². The molecule has 2 saturated carbocycles. The molecule has 4 nitrogen and oxygen atoms in total. The number of Topliss-reactive ketones (excluding diaryl/α,β-unsaturated/α-hetero) is 1. The number of phenols is 2. The minimum atomic E-state index is -1.18. The largest absolute Gasteiger partial charge is 0.504 e. The lowest BCUT2D eigenvalue weighted by Crippen LogP contribution is -2.54. The van der Waals surface area contributed by atoms with Crippen LogP contribution in [0.1, 0.15) is 63.0 Å². The highest BCUT2D eigenvalue weighted by atomic mass is 16.3. The summed E-state index contributed by atoms with van der Waals surface area (Å²) in [5.41, 5.74) is 0.526. The average Bonchev–Trinajstić information content (AvgIpc) is 2.83. The first-order chi connectivity index (χ1) is 11.3. The van der Waals surface area contributed by atoms with Gasteiger partial charge in [0, 0.05) is 11.0 Å². The van der Waals surface area contributed by atoms with Crippen LogP contribution in [-0.2, 0) is 11.2 Å². The van der Waals surface area contributed by atoms with Crippen LogP contribution < -0.4 is 0 Å². The van der Waals surface area contributed by atoms with Gasteiger partial charge in [0.05, 0.1) is 0 Å². The molecule has 0 spiro atoms. The Bertz CT molecular complexity index is 712. The molecule has 0 radical (unpaired) electrons. The van der Waals surface area contributed by atoms with Gasteiger partial charge in [0.25, 0.3) is 0 Å². The molecule has 0 unspecified atom stereocenters. The van der Waals surface area contributed by atoms with Crippen LogP contribution in [0.4, 0.5) is 0 Å². The summed E-state index contributed by atoms with van der Waals surface area (Å²) < 4.78 is 0. The lowest BCUT2D eigenvalue weighted by atomic mass is 9.53. The third-order valence-corrected chi connectivity index (χ3v) is 7.60. The normalized spacial score (nSPS) is 40.5. The zero-order valence-electron chi connectivity index (χ0n) is 14.4. The van der Waals surface area contributed by atoms with Gasteiger partial charge in [-0.25, -0.2) is 0 Å². The molecule has 1 aromatic rings. The number of carbonyl (C=O) groups is 1. The highest BCUT2D eigenvalue weighted by molar-refractivity contribution is 5.86. The third kappa shape index (κ3) is 1.81. The Labute approximate surface area is 142 Å². The van der Waals surface area contributed by atoms with E-state index in [9.17, 15) is 20.1 Å². The van der Waals surface area contributed by atoms with Gasteiger partial charge < -0.3 is 15.3 Å². The van der Waals surface area contributed by atoms with Crippen molar-refractivity contribution in [3.63, 3.8) is 0 Å². The summed E-state index contributed by atoms with van der Waals surface area (Å²) in [6, 6.07) is 3.54. The molecule has 130 valence electrons. The number of rotatable bonds is 1. The summed E-state index contributed by atoms with van der Waals surface area (Å²) in [5, 5.41) is 31.0. The Morgan fingerprint density at radius 3 is 2.62 bits per heavy atom. The molecule has 4 heteroatoms. The Balaban J connectivity index is 1.73. The lowest BCUT2D eigenvalue weighted by molar-refractivity contribution is -0.154. The first kappa shape index (κ1) is 15.9. The van der Waals surface area contributed by atoms with Gasteiger partial charge in [-0.15, -0.1) is 0 Å². The topological polar surface area (TPSA) is 77.8 Å². The molecule has 4 rings (SSSR count). The number of hydrogen-bond acceptors (Lipinski definition) is 4. The minimum absolute atomic E-state index is 0.0333. The van der Waals surface area contributed by atoms with E-state index in [0.717, 1.165) is 43.2 Å². The summed E-state index contributed by atoms with van der Waals surface area (Å²) in [4.78, 5) is 12.2. The molecule has 1 aromatic carbocycles. The van der Waals surface area contributed by atoms with E-state index in [1.807, 2.05) is 6.07 Å². The zero-order valence-corrected chi connectivity index (χ0v) is 14.4. The third-order valence-electron chi connectivity index (χ3n) is 7.60. The van der Waals surface area contributed by atoms with Crippen molar-refractivity contribution in [1.29, 1.82) is 0 Å². The maximum atomic E-state index is 12.2. The fraction of sp³-hybridized carbons (Fsp3) is 0.650. The average molecular weight is 330 g/mol. The van der Waals surface area contributed by atoms with E-state index in [0.29, 0.717) is 24.2 Å². The van der Waals surface area contributed by atoms with Gasteiger partial charge >= 0.3 is 0 Å². The van der Waals surface area contributed by atoms with Crippen molar-refractivity contribution in [2.24, 2.45) is 17.3 Å². The summed E-state index contributed by atoms with van der Waals surface area (Å²) in [5.74, 6) is 1.03. The molecule has 3 aliphatic carbocycles. The molecule has 3 aliphatic rings. The van der Waals surface area contributed by atoms with Crippen molar-refractivity contribution in [1.82, 2.24) is 0 Å². The number of fused-ring (bicyclic) bond motifs is 5. The molecule has 0 aliphatic heterocycles. The van der Waals surface area contributed by atoms with E-state index in [1.165, 1.54) is 6.92 Å². The van der Waals surface area contributed by atoms with Crippen molar-refractivity contribution in [3.05, 3.63) is 23.3 Å².